The Kier molecular flexibility index (Phi) is 7.02. The van der Waals surface area contributed by atoms with Crippen LogP contribution >= 0.6 is 12.4 Å². The molecule has 0 saturated heterocycles. The Morgan fingerprint density at radius 3 is 2.60 bits per heavy atom. The SMILES string of the molecule is CCC(=O)c1ccc(OCCCCn2cnc3ccccc32)cc1.Cl. The smallest absolute Gasteiger partial charge is 0.162 e. The molecule has 1 aromatic heterocycles. The topological polar surface area (TPSA) is 44.1 Å². The van der Waals surface area contributed by atoms with Crippen molar-refractivity contribution in [1.29, 1.82) is 0 Å². The van der Waals surface area contributed by atoms with Crippen LogP contribution < -0.4 is 4.74 Å². The van der Waals surface area contributed by atoms with Crippen LogP contribution in [0.5, 0.6) is 5.75 Å². The third-order valence-electron chi connectivity index (χ3n) is 4.09. The number of aryl methyl sites for hydroxylation is 1. The molecule has 25 heavy (non-hydrogen) atoms. The number of para-hydroxylation sites is 2. The fourth-order valence-corrected chi connectivity index (χ4v) is 2.70. The molecule has 0 aliphatic carbocycles. The zero-order chi connectivity index (χ0) is 16.8. The molecule has 2 aromatic carbocycles. The molecule has 0 atom stereocenters. The first-order chi connectivity index (χ1) is 11.8. The van der Waals surface area contributed by atoms with Gasteiger partial charge >= 0.3 is 0 Å². The lowest BCUT2D eigenvalue weighted by atomic mass is 10.1. The van der Waals surface area contributed by atoms with Crippen LogP contribution in [0.25, 0.3) is 11.0 Å². The van der Waals surface area contributed by atoms with E-state index in [-0.39, 0.29) is 18.2 Å². The maximum absolute atomic E-state index is 11.6. The molecule has 132 valence electrons. The molecule has 4 nitrogen and oxygen atoms in total. The molecule has 3 rings (SSSR count). The number of Topliss-reactive ketones (excluding diaryl/α,β-unsaturated/α-hetero) is 1. The Labute approximate surface area is 154 Å². The molecule has 0 bridgehead atoms. The van der Waals surface area contributed by atoms with E-state index in [2.05, 4.69) is 15.6 Å². The largest absolute Gasteiger partial charge is 0.494 e. The first-order valence-electron chi connectivity index (χ1n) is 8.44. The van der Waals surface area contributed by atoms with Crippen molar-refractivity contribution in [2.45, 2.75) is 32.7 Å². The van der Waals surface area contributed by atoms with E-state index in [0.717, 1.165) is 36.2 Å². The monoisotopic (exact) mass is 358 g/mol. The number of aromatic nitrogens is 2. The fourth-order valence-electron chi connectivity index (χ4n) is 2.70. The van der Waals surface area contributed by atoms with Gasteiger partial charge in [-0.25, -0.2) is 4.98 Å². The summed E-state index contributed by atoms with van der Waals surface area (Å²) < 4.78 is 7.93. The summed E-state index contributed by atoms with van der Waals surface area (Å²) in [5, 5.41) is 0. The molecule has 1 heterocycles. The van der Waals surface area contributed by atoms with Crippen molar-refractivity contribution < 1.29 is 9.53 Å². The average Bonchev–Trinajstić information content (AvgIpc) is 3.04. The minimum absolute atomic E-state index is 0. The summed E-state index contributed by atoms with van der Waals surface area (Å²) in [6.07, 6.45) is 4.44. The van der Waals surface area contributed by atoms with Crippen molar-refractivity contribution in [3.05, 3.63) is 60.4 Å². The Balaban J connectivity index is 0.00000225. The summed E-state index contributed by atoms with van der Waals surface area (Å²) in [5.74, 6) is 0.977. The summed E-state index contributed by atoms with van der Waals surface area (Å²) in [7, 11) is 0. The van der Waals surface area contributed by atoms with Crippen molar-refractivity contribution in [2.75, 3.05) is 6.61 Å². The van der Waals surface area contributed by atoms with Gasteiger partial charge < -0.3 is 9.30 Å². The highest BCUT2D eigenvalue weighted by Crippen LogP contribution is 2.15. The van der Waals surface area contributed by atoms with Gasteiger partial charge in [0.05, 0.1) is 24.0 Å². The quantitative estimate of drug-likeness (QED) is 0.424. The predicted molar refractivity (Wildman–Crippen MR) is 103 cm³/mol. The number of ether oxygens (including phenoxy) is 1. The standard InChI is InChI=1S/C20H22N2O2.ClH/c1-2-20(23)16-9-11-17(12-10-16)24-14-6-5-13-22-15-21-18-7-3-4-8-19(18)22;/h3-4,7-12,15H,2,5-6,13-14H2,1H3;1H. The summed E-state index contributed by atoms with van der Waals surface area (Å²) in [6.45, 7) is 3.48. The average molecular weight is 359 g/mol. The highest BCUT2D eigenvalue weighted by Gasteiger charge is 2.03. The van der Waals surface area contributed by atoms with Gasteiger partial charge in [0.25, 0.3) is 0 Å². The number of hydrogen-bond acceptors (Lipinski definition) is 3. The van der Waals surface area contributed by atoms with Gasteiger partial charge in [0.2, 0.25) is 0 Å². The van der Waals surface area contributed by atoms with Gasteiger partial charge in [-0.1, -0.05) is 19.1 Å². The van der Waals surface area contributed by atoms with Crippen LogP contribution in [0, 0.1) is 0 Å². The zero-order valence-corrected chi connectivity index (χ0v) is 15.2. The summed E-state index contributed by atoms with van der Waals surface area (Å²) in [5.41, 5.74) is 2.96. The number of fused-ring (bicyclic) bond motifs is 1. The van der Waals surface area contributed by atoms with Gasteiger partial charge in [-0.15, -0.1) is 12.4 Å². The lowest BCUT2D eigenvalue weighted by molar-refractivity contribution is 0.0988. The number of carbonyl (C=O) groups excluding carboxylic acids is 1. The second-order valence-corrected chi connectivity index (χ2v) is 5.78. The molecular formula is C20H23ClN2O2. The van der Waals surface area contributed by atoms with Crippen LogP contribution in [0.2, 0.25) is 0 Å². The van der Waals surface area contributed by atoms with Crippen molar-refractivity contribution in [2.24, 2.45) is 0 Å². The molecule has 0 radical (unpaired) electrons. The Bertz CT molecular complexity index is 812. The van der Waals surface area contributed by atoms with Crippen molar-refractivity contribution in [3.63, 3.8) is 0 Å². The number of hydrogen-bond donors (Lipinski definition) is 0. The zero-order valence-electron chi connectivity index (χ0n) is 14.4. The number of rotatable bonds is 8. The molecule has 5 heteroatoms. The maximum atomic E-state index is 11.6. The van der Waals surface area contributed by atoms with Crippen LogP contribution in [0.4, 0.5) is 0 Å². The molecular weight excluding hydrogens is 336 g/mol. The van der Waals surface area contributed by atoms with E-state index in [1.165, 1.54) is 5.52 Å². The van der Waals surface area contributed by atoms with Crippen LogP contribution in [-0.4, -0.2) is 21.9 Å². The van der Waals surface area contributed by atoms with Crippen LogP contribution in [0.15, 0.2) is 54.9 Å². The number of nitrogens with zero attached hydrogens (tertiary/aromatic N) is 2. The van der Waals surface area contributed by atoms with Crippen LogP contribution in [0.1, 0.15) is 36.5 Å². The minimum atomic E-state index is 0. The summed E-state index contributed by atoms with van der Waals surface area (Å²) >= 11 is 0. The highest BCUT2D eigenvalue weighted by molar-refractivity contribution is 5.95. The molecule has 0 aliphatic rings. The number of benzene rings is 2. The van der Waals surface area contributed by atoms with Gasteiger partial charge in [-0.05, 0) is 49.2 Å². The third-order valence-corrected chi connectivity index (χ3v) is 4.09. The number of unbranched alkanes of at least 4 members (excludes halogenated alkanes) is 1. The van der Waals surface area contributed by atoms with E-state index >= 15 is 0 Å². The van der Waals surface area contributed by atoms with Crippen LogP contribution in [0.3, 0.4) is 0 Å². The Morgan fingerprint density at radius 2 is 1.84 bits per heavy atom. The second-order valence-electron chi connectivity index (χ2n) is 5.78. The molecule has 0 saturated carbocycles. The van der Waals surface area contributed by atoms with E-state index in [9.17, 15) is 4.79 Å². The van der Waals surface area contributed by atoms with Gasteiger partial charge in [0.1, 0.15) is 5.75 Å². The number of ketones is 1. The molecule has 0 amide bonds. The lowest BCUT2D eigenvalue weighted by Crippen LogP contribution is -2.02. The van der Waals surface area contributed by atoms with Crippen molar-refractivity contribution in [1.82, 2.24) is 9.55 Å². The summed E-state index contributed by atoms with van der Waals surface area (Å²) in [4.78, 5) is 16.0. The predicted octanol–water partition coefficient (Wildman–Crippen LogP) is 4.91. The third kappa shape index (κ3) is 4.83. The Hall–Kier alpha value is -2.33. The molecule has 0 aliphatic heterocycles. The van der Waals surface area contributed by atoms with Gasteiger partial charge in [0.15, 0.2) is 5.78 Å². The highest BCUT2D eigenvalue weighted by atomic mass is 35.5. The molecule has 3 aromatic rings. The van der Waals surface area contributed by atoms with Gasteiger partial charge in [-0.2, -0.15) is 0 Å². The maximum Gasteiger partial charge on any atom is 0.162 e. The van der Waals surface area contributed by atoms with Gasteiger partial charge in [0, 0.05) is 18.5 Å². The second kappa shape index (κ2) is 9.23. The van der Waals surface area contributed by atoms with Crippen molar-refractivity contribution >= 4 is 29.2 Å². The molecule has 0 unspecified atom stereocenters. The van der Waals surface area contributed by atoms with E-state index in [1.54, 1.807) is 0 Å². The van der Waals surface area contributed by atoms with E-state index in [1.807, 2.05) is 55.7 Å². The first kappa shape index (κ1) is 19.0. The van der Waals surface area contributed by atoms with E-state index < -0.39 is 0 Å². The molecule has 0 fully saturated rings. The number of imidazole rings is 1. The minimum Gasteiger partial charge on any atom is -0.494 e. The Morgan fingerprint density at radius 1 is 1.08 bits per heavy atom. The number of halogens is 1. The van der Waals surface area contributed by atoms with Crippen LogP contribution in [-0.2, 0) is 6.54 Å². The molecule has 0 spiro atoms. The van der Waals surface area contributed by atoms with Crippen molar-refractivity contribution in [3.8, 4) is 5.75 Å². The number of carbonyl (C=O) groups is 1. The van der Waals surface area contributed by atoms with Gasteiger partial charge in [-0.3, -0.25) is 4.79 Å². The summed E-state index contributed by atoms with van der Waals surface area (Å²) in [6, 6.07) is 15.6. The van der Waals surface area contributed by atoms with E-state index in [4.69, 9.17) is 4.74 Å². The molecule has 0 N–H and O–H groups in total. The van der Waals surface area contributed by atoms with E-state index in [0.29, 0.717) is 13.0 Å². The normalized spacial score (nSPS) is 10.4. The first-order valence-corrected chi connectivity index (χ1v) is 8.44. The lowest BCUT2D eigenvalue weighted by Gasteiger charge is -2.08. The fraction of sp³-hybridized carbons (Fsp3) is 0.300.